The van der Waals surface area contributed by atoms with Gasteiger partial charge in [0, 0.05) is 24.3 Å². The zero-order chi connectivity index (χ0) is 10.1. The van der Waals surface area contributed by atoms with Gasteiger partial charge in [-0.05, 0) is 46.3 Å². The minimum absolute atomic E-state index is 0.880. The number of hydrogen-bond donors (Lipinski definition) is 0. The molecule has 0 aliphatic heterocycles. The normalized spacial score (nSPS) is 24.8. The summed E-state index contributed by atoms with van der Waals surface area (Å²) in [6.07, 6.45) is 3.23. The molecule has 0 amide bonds. The van der Waals surface area contributed by atoms with E-state index < -0.39 is 0 Å². The molecule has 1 fully saturated rings. The molecule has 0 aromatic carbocycles. The Balaban J connectivity index is 1.96. The highest BCUT2D eigenvalue weighted by Gasteiger charge is 2.33. The average molecular weight is 255 g/mol. The Morgan fingerprint density at radius 3 is 2.79 bits per heavy atom. The second kappa shape index (κ2) is 3.89. The first-order valence-electron chi connectivity index (χ1n) is 4.99. The minimum Gasteiger partial charge on any atom is -0.359 e. The summed E-state index contributed by atoms with van der Waals surface area (Å²) in [6.45, 7) is 3.45. The molecule has 0 radical (unpaired) electrons. The standard InChI is InChI=1S/C11H15BrN2/c1-8-5-9(8)7-14(2)11-4-3-10(12)6-13-11/h3-4,6,8-9H,5,7H2,1-2H3. The Morgan fingerprint density at radius 1 is 1.57 bits per heavy atom. The first kappa shape index (κ1) is 9.97. The van der Waals surface area contributed by atoms with Crippen LogP contribution < -0.4 is 4.90 Å². The fourth-order valence-electron chi connectivity index (χ4n) is 1.69. The van der Waals surface area contributed by atoms with Crippen molar-refractivity contribution in [3.05, 3.63) is 22.8 Å². The van der Waals surface area contributed by atoms with Crippen molar-refractivity contribution in [1.29, 1.82) is 0 Å². The van der Waals surface area contributed by atoms with Crippen LogP contribution in [-0.4, -0.2) is 18.6 Å². The van der Waals surface area contributed by atoms with Crippen molar-refractivity contribution >= 4 is 21.7 Å². The molecule has 2 unspecified atom stereocenters. The zero-order valence-electron chi connectivity index (χ0n) is 8.57. The summed E-state index contributed by atoms with van der Waals surface area (Å²) in [5.41, 5.74) is 0. The number of hydrogen-bond acceptors (Lipinski definition) is 2. The third-order valence-corrected chi connectivity index (χ3v) is 3.36. The van der Waals surface area contributed by atoms with Gasteiger partial charge in [0.15, 0.2) is 0 Å². The Bertz CT molecular complexity index is 310. The molecular weight excluding hydrogens is 240 g/mol. The number of nitrogens with zero attached hydrogens (tertiary/aromatic N) is 2. The molecule has 0 spiro atoms. The molecule has 76 valence electrons. The summed E-state index contributed by atoms with van der Waals surface area (Å²) in [6, 6.07) is 4.09. The predicted octanol–water partition coefficient (Wildman–Crippen LogP) is 2.94. The van der Waals surface area contributed by atoms with Gasteiger partial charge in [-0.15, -0.1) is 0 Å². The van der Waals surface area contributed by atoms with Gasteiger partial charge >= 0.3 is 0 Å². The predicted molar refractivity (Wildman–Crippen MR) is 62.5 cm³/mol. The van der Waals surface area contributed by atoms with Crippen LogP contribution in [0.4, 0.5) is 5.82 Å². The summed E-state index contributed by atoms with van der Waals surface area (Å²) >= 11 is 3.39. The van der Waals surface area contributed by atoms with Gasteiger partial charge in [0.25, 0.3) is 0 Å². The van der Waals surface area contributed by atoms with Crippen LogP contribution in [0.5, 0.6) is 0 Å². The monoisotopic (exact) mass is 254 g/mol. The smallest absolute Gasteiger partial charge is 0.128 e. The lowest BCUT2D eigenvalue weighted by atomic mass is 10.3. The summed E-state index contributed by atoms with van der Waals surface area (Å²) in [7, 11) is 2.11. The van der Waals surface area contributed by atoms with Crippen LogP contribution in [0.15, 0.2) is 22.8 Å². The van der Waals surface area contributed by atoms with E-state index in [1.54, 1.807) is 0 Å². The summed E-state index contributed by atoms with van der Waals surface area (Å²) in [5, 5.41) is 0. The van der Waals surface area contributed by atoms with Crippen LogP contribution in [0.25, 0.3) is 0 Å². The van der Waals surface area contributed by atoms with E-state index in [1.165, 1.54) is 6.42 Å². The topological polar surface area (TPSA) is 16.1 Å². The van der Waals surface area contributed by atoms with Crippen LogP contribution in [0.2, 0.25) is 0 Å². The van der Waals surface area contributed by atoms with Crippen molar-refractivity contribution in [2.24, 2.45) is 11.8 Å². The van der Waals surface area contributed by atoms with Gasteiger partial charge in [-0.3, -0.25) is 0 Å². The third-order valence-electron chi connectivity index (χ3n) is 2.89. The molecule has 1 heterocycles. The molecule has 2 rings (SSSR count). The van der Waals surface area contributed by atoms with Gasteiger partial charge in [-0.25, -0.2) is 4.98 Å². The molecule has 1 aromatic heterocycles. The van der Waals surface area contributed by atoms with Crippen LogP contribution in [0.1, 0.15) is 13.3 Å². The molecule has 1 aliphatic rings. The van der Waals surface area contributed by atoms with Crippen molar-refractivity contribution < 1.29 is 0 Å². The maximum atomic E-state index is 4.36. The highest BCUT2D eigenvalue weighted by molar-refractivity contribution is 9.10. The molecule has 2 nitrogen and oxygen atoms in total. The molecular formula is C11H15BrN2. The lowest BCUT2D eigenvalue weighted by molar-refractivity contribution is 0.719. The fraction of sp³-hybridized carbons (Fsp3) is 0.545. The molecule has 0 bridgehead atoms. The van der Waals surface area contributed by atoms with Crippen LogP contribution in [0, 0.1) is 11.8 Å². The van der Waals surface area contributed by atoms with Gasteiger partial charge < -0.3 is 4.90 Å². The van der Waals surface area contributed by atoms with Gasteiger partial charge in [0.2, 0.25) is 0 Å². The number of anilines is 1. The van der Waals surface area contributed by atoms with E-state index in [9.17, 15) is 0 Å². The van der Waals surface area contributed by atoms with Crippen molar-refractivity contribution in [1.82, 2.24) is 4.98 Å². The van der Waals surface area contributed by atoms with E-state index in [0.717, 1.165) is 28.7 Å². The van der Waals surface area contributed by atoms with Crippen LogP contribution >= 0.6 is 15.9 Å². The van der Waals surface area contributed by atoms with Crippen molar-refractivity contribution in [3.63, 3.8) is 0 Å². The molecule has 1 aromatic rings. The zero-order valence-corrected chi connectivity index (χ0v) is 10.2. The van der Waals surface area contributed by atoms with E-state index in [2.05, 4.69) is 45.9 Å². The van der Waals surface area contributed by atoms with Crippen LogP contribution in [0.3, 0.4) is 0 Å². The molecule has 0 saturated heterocycles. The molecule has 1 aliphatic carbocycles. The third kappa shape index (κ3) is 2.27. The minimum atomic E-state index is 0.880. The number of halogens is 1. The van der Waals surface area contributed by atoms with Crippen molar-refractivity contribution in [3.8, 4) is 0 Å². The SMILES string of the molecule is CC1CC1CN(C)c1ccc(Br)cn1. The van der Waals surface area contributed by atoms with Gasteiger partial charge in [0.05, 0.1) is 0 Å². The molecule has 2 atom stereocenters. The first-order chi connectivity index (χ1) is 6.66. The van der Waals surface area contributed by atoms with E-state index in [4.69, 9.17) is 0 Å². The number of aromatic nitrogens is 1. The molecule has 14 heavy (non-hydrogen) atoms. The second-order valence-electron chi connectivity index (χ2n) is 4.19. The van der Waals surface area contributed by atoms with Gasteiger partial charge in [0.1, 0.15) is 5.82 Å². The van der Waals surface area contributed by atoms with E-state index in [0.29, 0.717) is 0 Å². The average Bonchev–Trinajstić information content (AvgIpc) is 2.82. The maximum Gasteiger partial charge on any atom is 0.128 e. The Labute approximate surface area is 93.5 Å². The second-order valence-corrected chi connectivity index (χ2v) is 5.10. The highest BCUT2D eigenvalue weighted by atomic mass is 79.9. The molecule has 3 heteroatoms. The largest absolute Gasteiger partial charge is 0.359 e. The van der Waals surface area contributed by atoms with E-state index in [1.807, 2.05) is 12.3 Å². The Morgan fingerprint density at radius 2 is 2.29 bits per heavy atom. The molecule has 1 saturated carbocycles. The molecule has 0 N–H and O–H groups in total. The quantitative estimate of drug-likeness (QED) is 0.825. The highest BCUT2D eigenvalue weighted by Crippen LogP contribution is 2.38. The fourth-order valence-corrected chi connectivity index (χ4v) is 1.93. The lowest BCUT2D eigenvalue weighted by Gasteiger charge is -2.17. The lowest BCUT2D eigenvalue weighted by Crippen LogP contribution is -2.21. The van der Waals surface area contributed by atoms with Crippen molar-refractivity contribution in [2.75, 3.05) is 18.5 Å². The summed E-state index contributed by atoms with van der Waals surface area (Å²) in [5.74, 6) is 2.85. The van der Waals surface area contributed by atoms with Crippen LogP contribution in [-0.2, 0) is 0 Å². The summed E-state index contributed by atoms with van der Waals surface area (Å²) in [4.78, 5) is 6.60. The van der Waals surface area contributed by atoms with Crippen molar-refractivity contribution in [2.45, 2.75) is 13.3 Å². The maximum absolute atomic E-state index is 4.36. The van der Waals surface area contributed by atoms with E-state index >= 15 is 0 Å². The van der Waals surface area contributed by atoms with Gasteiger partial charge in [-0.2, -0.15) is 0 Å². The number of rotatable bonds is 3. The Kier molecular flexibility index (Phi) is 2.77. The Hall–Kier alpha value is -0.570. The van der Waals surface area contributed by atoms with Gasteiger partial charge in [-0.1, -0.05) is 6.92 Å². The number of pyridine rings is 1. The van der Waals surface area contributed by atoms with E-state index in [-0.39, 0.29) is 0 Å². The summed E-state index contributed by atoms with van der Waals surface area (Å²) < 4.78 is 1.04. The first-order valence-corrected chi connectivity index (χ1v) is 5.79.